The summed E-state index contributed by atoms with van der Waals surface area (Å²) in [6.45, 7) is -0.273. The van der Waals surface area contributed by atoms with Crippen LogP contribution in [0, 0.1) is 0 Å². The van der Waals surface area contributed by atoms with Gasteiger partial charge in [-0.05, 0) is 30.3 Å². The Balaban J connectivity index is 1.51. The first-order chi connectivity index (χ1) is 12.6. The maximum absolute atomic E-state index is 12.4. The minimum atomic E-state index is -0.639. The Bertz CT molecular complexity index is 1030. The number of nitrogens with zero attached hydrogens (tertiary/aromatic N) is 1. The van der Waals surface area contributed by atoms with Crippen molar-refractivity contribution in [2.45, 2.75) is 0 Å². The number of ether oxygens (including phenoxy) is 3. The topological polar surface area (TPSA) is 74.7 Å². The summed E-state index contributed by atoms with van der Waals surface area (Å²) in [5.41, 5.74) is 1.22. The van der Waals surface area contributed by atoms with Crippen molar-refractivity contribution in [1.82, 2.24) is 4.98 Å². The number of ketones is 1. The zero-order chi connectivity index (χ0) is 18.1. The lowest BCUT2D eigenvalue weighted by Gasteiger charge is -2.08. The van der Waals surface area contributed by atoms with E-state index in [-0.39, 0.29) is 23.3 Å². The highest BCUT2D eigenvalue weighted by Crippen LogP contribution is 2.32. The van der Waals surface area contributed by atoms with Crippen LogP contribution < -0.4 is 9.47 Å². The zero-order valence-corrected chi connectivity index (χ0v) is 14.2. The van der Waals surface area contributed by atoms with Crippen LogP contribution in [-0.4, -0.2) is 30.1 Å². The van der Waals surface area contributed by atoms with Gasteiger partial charge in [-0.15, -0.1) is 0 Å². The van der Waals surface area contributed by atoms with Gasteiger partial charge >= 0.3 is 5.97 Å². The van der Waals surface area contributed by atoms with Crippen LogP contribution in [0.1, 0.15) is 20.7 Å². The highest BCUT2D eigenvalue weighted by molar-refractivity contribution is 6.30. The predicted octanol–water partition coefficient (Wildman–Crippen LogP) is 3.66. The molecule has 0 radical (unpaired) electrons. The molecule has 2 aromatic carbocycles. The number of para-hydroxylation sites is 1. The average Bonchev–Trinajstić information content (AvgIpc) is 3.12. The van der Waals surface area contributed by atoms with E-state index in [1.165, 1.54) is 6.07 Å². The number of benzene rings is 2. The van der Waals surface area contributed by atoms with Crippen LogP contribution in [0.25, 0.3) is 10.9 Å². The molecule has 1 aliphatic heterocycles. The minimum Gasteiger partial charge on any atom is -0.454 e. The fourth-order valence-electron chi connectivity index (χ4n) is 2.67. The van der Waals surface area contributed by atoms with Crippen LogP contribution in [0.15, 0.2) is 48.5 Å². The molecule has 26 heavy (non-hydrogen) atoms. The van der Waals surface area contributed by atoms with Gasteiger partial charge in [-0.1, -0.05) is 29.8 Å². The van der Waals surface area contributed by atoms with Crippen molar-refractivity contribution < 1.29 is 23.8 Å². The number of fused-ring (bicyclic) bond motifs is 2. The van der Waals surface area contributed by atoms with Crippen molar-refractivity contribution in [3.05, 3.63) is 64.8 Å². The second-order valence-electron chi connectivity index (χ2n) is 5.58. The van der Waals surface area contributed by atoms with Crippen LogP contribution >= 0.6 is 11.6 Å². The predicted molar refractivity (Wildman–Crippen MR) is 93.9 cm³/mol. The Morgan fingerprint density at radius 1 is 1.08 bits per heavy atom. The molecule has 0 unspecified atom stereocenters. The first kappa shape index (κ1) is 16.4. The minimum absolute atomic E-state index is 0.123. The number of aromatic nitrogens is 1. The Kier molecular flexibility index (Phi) is 4.18. The summed E-state index contributed by atoms with van der Waals surface area (Å²) >= 11 is 5.97. The molecule has 0 N–H and O–H groups in total. The van der Waals surface area contributed by atoms with Crippen molar-refractivity contribution in [3.63, 3.8) is 0 Å². The van der Waals surface area contributed by atoms with Crippen LogP contribution in [0.5, 0.6) is 11.5 Å². The number of hydrogen-bond acceptors (Lipinski definition) is 6. The first-order valence-corrected chi connectivity index (χ1v) is 8.15. The molecule has 2 heterocycles. The van der Waals surface area contributed by atoms with Gasteiger partial charge in [0, 0.05) is 10.9 Å². The second kappa shape index (κ2) is 6.65. The summed E-state index contributed by atoms with van der Waals surface area (Å²) in [5, 5.41) is 0.787. The molecule has 0 spiro atoms. The Morgan fingerprint density at radius 3 is 2.77 bits per heavy atom. The Morgan fingerprint density at radius 2 is 1.88 bits per heavy atom. The number of Topliss-reactive ketones (excluding diaryl/α,β-unsaturated/α-hetero) is 1. The molecule has 4 rings (SSSR count). The molecule has 0 fully saturated rings. The Labute approximate surface area is 153 Å². The van der Waals surface area contributed by atoms with Crippen molar-refractivity contribution >= 4 is 34.3 Å². The third-order valence-electron chi connectivity index (χ3n) is 3.93. The molecule has 0 saturated heterocycles. The molecule has 6 nitrogen and oxygen atoms in total. The molecule has 0 saturated carbocycles. The molecule has 7 heteroatoms. The summed E-state index contributed by atoms with van der Waals surface area (Å²) in [7, 11) is 0. The van der Waals surface area contributed by atoms with E-state index in [0.717, 1.165) is 0 Å². The van der Waals surface area contributed by atoms with Crippen LogP contribution in [0.3, 0.4) is 0 Å². The highest BCUT2D eigenvalue weighted by Gasteiger charge is 2.19. The summed E-state index contributed by atoms with van der Waals surface area (Å²) in [5.74, 6) is 0.0891. The van der Waals surface area contributed by atoms with Gasteiger partial charge in [0.15, 0.2) is 23.9 Å². The maximum atomic E-state index is 12.4. The summed E-state index contributed by atoms with van der Waals surface area (Å²) < 4.78 is 15.6. The normalized spacial score (nSPS) is 12.2. The lowest BCUT2D eigenvalue weighted by molar-refractivity contribution is 0.0476. The second-order valence-corrected chi connectivity index (χ2v) is 5.96. The van der Waals surface area contributed by atoms with E-state index < -0.39 is 12.6 Å². The number of carbonyl (C=O) groups is 2. The number of pyridine rings is 1. The van der Waals surface area contributed by atoms with Gasteiger partial charge in [-0.25, -0.2) is 9.78 Å². The van der Waals surface area contributed by atoms with E-state index in [9.17, 15) is 9.59 Å². The SMILES string of the molecule is O=C(COC(=O)c1cc(Cl)nc2ccccc12)c1ccc2c(c1)OCO2. The molecule has 130 valence electrons. The Hall–Kier alpha value is -3.12. The molecular weight excluding hydrogens is 358 g/mol. The molecule has 3 aromatic rings. The zero-order valence-electron chi connectivity index (χ0n) is 13.4. The smallest absolute Gasteiger partial charge is 0.339 e. The van der Waals surface area contributed by atoms with E-state index in [1.807, 2.05) is 0 Å². The first-order valence-electron chi connectivity index (χ1n) is 7.77. The molecule has 0 bridgehead atoms. The van der Waals surface area contributed by atoms with Crippen LogP contribution in [0.4, 0.5) is 0 Å². The van der Waals surface area contributed by atoms with Gasteiger partial charge in [0.05, 0.1) is 11.1 Å². The molecule has 1 aromatic heterocycles. The highest BCUT2D eigenvalue weighted by atomic mass is 35.5. The third kappa shape index (κ3) is 3.07. The van der Waals surface area contributed by atoms with Crippen molar-refractivity contribution in [2.24, 2.45) is 0 Å². The summed E-state index contributed by atoms with van der Waals surface area (Å²) in [6, 6.07) is 13.3. The van der Waals surface area contributed by atoms with E-state index >= 15 is 0 Å². The number of esters is 1. The summed E-state index contributed by atoms with van der Waals surface area (Å²) in [4.78, 5) is 28.9. The van der Waals surface area contributed by atoms with E-state index in [4.69, 9.17) is 25.8 Å². The molecular formula is C19H12ClNO5. The summed E-state index contributed by atoms with van der Waals surface area (Å²) in [6.07, 6.45) is 0. The largest absolute Gasteiger partial charge is 0.454 e. The van der Waals surface area contributed by atoms with Gasteiger partial charge in [0.1, 0.15) is 5.15 Å². The molecule has 0 aliphatic carbocycles. The monoisotopic (exact) mass is 369 g/mol. The van der Waals surface area contributed by atoms with Crippen molar-refractivity contribution in [1.29, 1.82) is 0 Å². The van der Waals surface area contributed by atoms with Gasteiger partial charge in [-0.2, -0.15) is 0 Å². The number of hydrogen-bond donors (Lipinski definition) is 0. The number of carbonyl (C=O) groups excluding carboxylic acids is 2. The van der Waals surface area contributed by atoms with Gasteiger partial charge in [0.2, 0.25) is 6.79 Å². The van der Waals surface area contributed by atoms with E-state index in [0.29, 0.717) is 28.0 Å². The van der Waals surface area contributed by atoms with Gasteiger partial charge < -0.3 is 14.2 Å². The van der Waals surface area contributed by atoms with Crippen LogP contribution in [-0.2, 0) is 4.74 Å². The van der Waals surface area contributed by atoms with Gasteiger partial charge in [0.25, 0.3) is 0 Å². The van der Waals surface area contributed by atoms with E-state index in [2.05, 4.69) is 4.98 Å². The van der Waals surface area contributed by atoms with Crippen molar-refractivity contribution in [2.75, 3.05) is 13.4 Å². The number of halogens is 1. The molecule has 1 aliphatic rings. The molecule has 0 amide bonds. The average molecular weight is 370 g/mol. The van der Waals surface area contributed by atoms with Crippen molar-refractivity contribution in [3.8, 4) is 11.5 Å². The van der Waals surface area contributed by atoms with Crippen LogP contribution in [0.2, 0.25) is 5.15 Å². The lowest BCUT2D eigenvalue weighted by atomic mass is 10.1. The van der Waals surface area contributed by atoms with Gasteiger partial charge in [-0.3, -0.25) is 4.79 Å². The van der Waals surface area contributed by atoms with E-state index in [1.54, 1.807) is 42.5 Å². The maximum Gasteiger partial charge on any atom is 0.339 e. The fraction of sp³-hybridized carbons (Fsp3) is 0.105. The third-order valence-corrected chi connectivity index (χ3v) is 4.13. The standard InChI is InChI=1S/C19H12ClNO5/c20-18-8-13(12-3-1-2-4-14(12)21-18)19(23)24-9-15(22)11-5-6-16-17(7-11)26-10-25-16/h1-8H,9-10H2. The molecule has 0 atom stereocenters. The number of rotatable bonds is 4. The lowest BCUT2D eigenvalue weighted by Crippen LogP contribution is -2.14. The fourth-order valence-corrected chi connectivity index (χ4v) is 2.87. The quantitative estimate of drug-likeness (QED) is 0.397.